The number of imidazole rings is 1. The van der Waals surface area contributed by atoms with Gasteiger partial charge in [0.2, 0.25) is 0 Å². The van der Waals surface area contributed by atoms with Crippen LogP contribution in [-0.4, -0.2) is 31.1 Å². The van der Waals surface area contributed by atoms with E-state index in [0.717, 1.165) is 66.3 Å². The molecule has 7 rings (SSSR count). The summed E-state index contributed by atoms with van der Waals surface area (Å²) in [7, 11) is 0. The first kappa shape index (κ1) is 24.5. The summed E-state index contributed by atoms with van der Waals surface area (Å²) >= 11 is 0. The normalized spacial score (nSPS) is 22.6. The Bertz CT molecular complexity index is 1490. The molecule has 0 spiro atoms. The lowest BCUT2D eigenvalue weighted by Crippen LogP contribution is -2.30. The Hall–Kier alpha value is -3.85. The molecule has 3 fully saturated rings. The molecule has 4 heterocycles. The standard InChI is InChI=1S/C29H33FN8/c1-19-3-4-20(2)38(19)26-7-22(12-33-15-26)27(36-31)16-34-14-25-18-37-17-21(5-6-28(37)35-25)11-32-13-24-10-29(30)8-23(24)9-29/h3-7,12,15-18,23-24,31-32,34H,8-11,13-14H2,1-2H3/b27-16-,36-31?. The van der Waals surface area contributed by atoms with Crippen LogP contribution in [0.1, 0.15) is 47.5 Å². The first-order valence-corrected chi connectivity index (χ1v) is 13.2. The van der Waals surface area contributed by atoms with Crippen molar-refractivity contribution in [2.24, 2.45) is 17.0 Å². The summed E-state index contributed by atoms with van der Waals surface area (Å²) < 4.78 is 18.3. The van der Waals surface area contributed by atoms with Gasteiger partial charge in [-0.3, -0.25) is 4.98 Å². The molecule has 3 aliphatic rings. The smallest absolute Gasteiger partial charge is 0.137 e. The molecule has 0 aromatic carbocycles. The molecule has 9 heteroatoms. The van der Waals surface area contributed by atoms with Gasteiger partial charge in [0.1, 0.15) is 17.0 Å². The fourth-order valence-electron chi connectivity index (χ4n) is 6.14. The summed E-state index contributed by atoms with van der Waals surface area (Å²) in [6.07, 6.45) is 11.6. The van der Waals surface area contributed by atoms with Gasteiger partial charge in [-0.05, 0) is 81.3 Å². The van der Waals surface area contributed by atoms with E-state index in [1.165, 1.54) is 5.56 Å². The Labute approximate surface area is 221 Å². The highest BCUT2D eigenvalue weighted by Gasteiger charge is 2.56. The number of pyridine rings is 2. The summed E-state index contributed by atoms with van der Waals surface area (Å²) in [5.41, 5.74) is 14.2. The number of fused-ring (bicyclic) bond motifs is 2. The number of hydrogen-bond donors (Lipinski definition) is 3. The molecule has 3 N–H and O–H groups in total. The molecule has 3 saturated carbocycles. The molecule has 2 bridgehead atoms. The summed E-state index contributed by atoms with van der Waals surface area (Å²) in [6.45, 7) is 6.26. The van der Waals surface area contributed by atoms with Crippen molar-refractivity contribution in [1.82, 2.24) is 29.6 Å². The van der Waals surface area contributed by atoms with Crippen molar-refractivity contribution >= 4 is 11.3 Å². The molecular weight excluding hydrogens is 479 g/mol. The lowest BCUT2D eigenvalue weighted by atomic mass is 9.80. The van der Waals surface area contributed by atoms with Crippen LogP contribution in [0.25, 0.3) is 17.0 Å². The third-order valence-corrected chi connectivity index (χ3v) is 8.04. The minimum absolute atomic E-state index is 0.475. The first-order valence-electron chi connectivity index (χ1n) is 13.2. The molecule has 1 atom stereocenters. The lowest BCUT2D eigenvalue weighted by molar-refractivity contribution is 0.0738. The van der Waals surface area contributed by atoms with Crippen LogP contribution in [0.15, 0.2) is 66.4 Å². The van der Waals surface area contributed by atoms with Gasteiger partial charge in [-0.15, -0.1) is 0 Å². The second kappa shape index (κ2) is 9.79. The van der Waals surface area contributed by atoms with E-state index in [2.05, 4.69) is 63.5 Å². The van der Waals surface area contributed by atoms with Crippen molar-refractivity contribution in [3.8, 4) is 5.69 Å². The number of nitrogens with one attached hydrogen (secondary N) is 3. The molecule has 38 heavy (non-hydrogen) atoms. The average Bonchev–Trinajstić information content (AvgIpc) is 3.62. The minimum Gasteiger partial charge on any atom is -0.383 e. The van der Waals surface area contributed by atoms with E-state index in [-0.39, 0.29) is 0 Å². The van der Waals surface area contributed by atoms with Crippen LogP contribution < -0.4 is 10.6 Å². The summed E-state index contributed by atoms with van der Waals surface area (Å²) in [6, 6.07) is 10.2. The molecule has 4 aromatic heterocycles. The zero-order chi connectivity index (χ0) is 26.3. The predicted molar refractivity (Wildman–Crippen MR) is 145 cm³/mol. The predicted octanol–water partition coefficient (Wildman–Crippen LogP) is 5.48. The van der Waals surface area contributed by atoms with Crippen molar-refractivity contribution in [1.29, 1.82) is 5.53 Å². The number of hydrogen-bond acceptors (Lipinski definition) is 6. The lowest BCUT2D eigenvalue weighted by Gasteiger charge is -2.30. The van der Waals surface area contributed by atoms with Gasteiger partial charge >= 0.3 is 0 Å². The average molecular weight is 513 g/mol. The van der Waals surface area contributed by atoms with E-state index < -0.39 is 5.67 Å². The Balaban J connectivity index is 1.08. The summed E-state index contributed by atoms with van der Waals surface area (Å²) in [5.74, 6) is 1.05. The SMILES string of the molecule is Cc1ccc(C)n1-c1cncc(/C(=C/NCc2cn3cc(CNCC4CC5(F)CC4C5)ccc3n2)N=N)c1. The molecule has 0 amide bonds. The van der Waals surface area contributed by atoms with E-state index in [9.17, 15) is 4.39 Å². The number of aromatic nitrogens is 4. The first-order chi connectivity index (χ1) is 18.4. The number of nitrogens with zero attached hydrogens (tertiary/aromatic N) is 5. The van der Waals surface area contributed by atoms with Gasteiger partial charge in [-0.1, -0.05) is 6.07 Å². The summed E-state index contributed by atoms with van der Waals surface area (Å²) in [5, 5.41) is 10.5. The van der Waals surface area contributed by atoms with E-state index in [0.29, 0.717) is 24.1 Å². The van der Waals surface area contributed by atoms with Crippen LogP contribution in [0, 0.1) is 31.2 Å². The van der Waals surface area contributed by atoms with E-state index >= 15 is 0 Å². The topological polar surface area (TPSA) is 95.4 Å². The Morgan fingerprint density at radius 2 is 1.95 bits per heavy atom. The third kappa shape index (κ3) is 4.74. The van der Waals surface area contributed by atoms with Crippen LogP contribution in [0.4, 0.5) is 4.39 Å². The van der Waals surface area contributed by atoms with Crippen LogP contribution in [0.5, 0.6) is 0 Å². The molecule has 0 radical (unpaired) electrons. The van der Waals surface area contributed by atoms with Crippen molar-refractivity contribution in [2.75, 3.05) is 6.54 Å². The van der Waals surface area contributed by atoms with Gasteiger partial charge in [0, 0.05) is 48.3 Å². The highest BCUT2D eigenvalue weighted by Crippen LogP contribution is 2.57. The van der Waals surface area contributed by atoms with Gasteiger partial charge in [-0.25, -0.2) is 14.9 Å². The number of aryl methyl sites for hydroxylation is 2. The molecule has 0 aliphatic heterocycles. The zero-order valence-electron chi connectivity index (χ0n) is 21.8. The maximum Gasteiger partial charge on any atom is 0.137 e. The fraction of sp³-hybridized carbons (Fsp3) is 0.379. The fourth-order valence-corrected chi connectivity index (χ4v) is 6.14. The van der Waals surface area contributed by atoms with Gasteiger partial charge in [-0.2, -0.15) is 5.11 Å². The second-order valence-electron chi connectivity index (χ2n) is 10.9. The maximum atomic E-state index is 14.1. The molecule has 4 aromatic rings. The Kier molecular flexibility index (Phi) is 6.31. The minimum atomic E-state index is -0.857. The van der Waals surface area contributed by atoms with Crippen molar-refractivity contribution < 1.29 is 4.39 Å². The molecule has 1 unspecified atom stereocenters. The largest absolute Gasteiger partial charge is 0.383 e. The quantitative estimate of drug-likeness (QED) is 0.245. The van der Waals surface area contributed by atoms with Crippen LogP contribution in [-0.2, 0) is 13.1 Å². The van der Waals surface area contributed by atoms with Crippen molar-refractivity contribution in [2.45, 2.75) is 51.9 Å². The maximum absolute atomic E-state index is 14.1. The number of alkyl halides is 1. The third-order valence-electron chi connectivity index (χ3n) is 8.04. The summed E-state index contributed by atoms with van der Waals surface area (Å²) in [4.78, 5) is 9.08. The van der Waals surface area contributed by atoms with E-state index in [1.807, 2.05) is 28.9 Å². The van der Waals surface area contributed by atoms with Gasteiger partial charge in [0.25, 0.3) is 0 Å². The highest BCUT2D eigenvalue weighted by atomic mass is 19.1. The number of halogens is 1. The second-order valence-corrected chi connectivity index (χ2v) is 10.9. The van der Waals surface area contributed by atoms with Gasteiger partial charge in [0.15, 0.2) is 0 Å². The van der Waals surface area contributed by atoms with Crippen LogP contribution in [0.2, 0.25) is 0 Å². The van der Waals surface area contributed by atoms with Crippen LogP contribution in [0.3, 0.4) is 0 Å². The van der Waals surface area contributed by atoms with Crippen molar-refractivity contribution in [3.63, 3.8) is 0 Å². The van der Waals surface area contributed by atoms with Gasteiger partial charge < -0.3 is 19.6 Å². The Morgan fingerprint density at radius 3 is 2.68 bits per heavy atom. The van der Waals surface area contributed by atoms with Gasteiger partial charge in [0.05, 0.1) is 24.1 Å². The van der Waals surface area contributed by atoms with E-state index in [1.54, 1.807) is 12.4 Å². The molecule has 8 nitrogen and oxygen atoms in total. The molecular formula is C29H33FN8. The zero-order valence-corrected chi connectivity index (χ0v) is 21.8. The monoisotopic (exact) mass is 512 g/mol. The Morgan fingerprint density at radius 1 is 1.13 bits per heavy atom. The van der Waals surface area contributed by atoms with E-state index in [4.69, 9.17) is 10.5 Å². The molecule has 3 aliphatic carbocycles. The van der Waals surface area contributed by atoms with Crippen molar-refractivity contribution in [3.05, 3.63) is 89.5 Å². The number of rotatable bonds is 10. The van der Waals surface area contributed by atoms with Crippen LogP contribution >= 0.6 is 0 Å². The highest BCUT2D eigenvalue weighted by molar-refractivity contribution is 5.64. The molecule has 0 saturated heterocycles. The molecule has 196 valence electrons.